The molecule has 7 heteroatoms. The Balaban J connectivity index is 2.84. The van der Waals surface area contributed by atoms with Gasteiger partial charge in [-0.2, -0.15) is 0 Å². The molecule has 0 radical (unpaired) electrons. The van der Waals surface area contributed by atoms with Gasteiger partial charge in [-0.05, 0) is 37.5 Å². The third kappa shape index (κ3) is 5.26. The molecule has 1 aromatic rings. The van der Waals surface area contributed by atoms with E-state index in [1.165, 1.54) is 0 Å². The molecule has 22 heavy (non-hydrogen) atoms. The minimum Gasteiger partial charge on any atom is -0.375 e. The Labute approximate surface area is 136 Å². The molecule has 0 aliphatic carbocycles. The third-order valence-electron chi connectivity index (χ3n) is 3.49. The molecule has 0 heterocycles. The van der Waals surface area contributed by atoms with Gasteiger partial charge in [-0.25, -0.2) is 8.42 Å². The number of rotatable bonds is 7. The van der Waals surface area contributed by atoms with Crippen molar-refractivity contribution in [2.45, 2.75) is 38.3 Å². The third-order valence-corrected chi connectivity index (χ3v) is 4.70. The van der Waals surface area contributed by atoms with Crippen molar-refractivity contribution in [3.8, 4) is 0 Å². The zero-order chi connectivity index (χ0) is 17.0. The van der Waals surface area contributed by atoms with Gasteiger partial charge in [-0.15, -0.1) is 0 Å². The Morgan fingerprint density at radius 1 is 1.45 bits per heavy atom. The Morgan fingerprint density at radius 3 is 2.59 bits per heavy atom. The zero-order valence-electron chi connectivity index (χ0n) is 13.0. The van der Waals surface area contributed by atoms with Crippen molar-refractivity contribution in [3.63, 3.8) is 0 Å². The van der Waals surface area contributed by atoms with E-state index in [0.717, 1.165) is 6.26 Å². The maximum atomic E-state index is 12.4. The van der Waals surface area contributed by atoms with E-state index in [1.54, 1.807) is 38.1 Å². The summed E-state index contributed by atoms with van der Waals surface area (Å²) < 4.78 is 22.3. The van der Waals surface area contributed by atoms with Crippen LogP contribution < -0.4 is 5.32 Å². The van der Waals surface area contributed by atoms with Crippen molar-refractivity contribution in [1.29, 1.82) is 0 Å². The lowest BCUT2D eigenvalue weighted by Gasteiger charge is -2.28. The molecule has 0 aliphatic heterocycles. The molecular weight excluding hydrogens is 326 g/mol. The highest BCUT2D eigenvalue weighted by Gasteiger charge is 2.36. The second-order valence-electron chi connectivity index (χ2n) is 5.52. The van der Waals surface area contributed by atoms with E-state index in [1.807, 2.05) is 0 Å². The predicted molar refractivity (Wildman–Crippen MR) is 87.6 cm³/mol. The number of halogens is 1. The highest BCUT2D eigenvalue weighted by atomic mass is 35.5. The fourth-order valence-electron chi connectivity index (χ4n) is 2.05. The van der Waals surface area contributed by atoms with Crippen molar-refractivity contribution in [1.82, 2.24) is 5.32 Å². The summed E-state index contributed by atoms with van der Waals surface area (Å²) in [4.78, 5) is 12.4. The molecule has 0 aliphatic rings. The van der Waals surface area contributed by atoms with Gasteiger partial charge in [-0.1, -0.05) is 30.7 Å². The normalized spacial score (nSPS) is 15.9. The molecule has 0 fully saturated rings. The molecule has 1 rings (SSSR count). The summed E-state index contributed by atoms with van der Waals surface area (Å²) in [5, 5.41) is 13.8. The molecule has 124 valence electrons. The number of aliphatic hydroxyl groups is 1. The standard InChI is InChI=1S/C15H22ClNO4S/c1-4-15(19,12-6-5-7-13(16)10-12)14(18)17-11(2)8-9-22(3,20)21/h5-7,10-11,19H,4,8-9H2,1-3H3,(H,17,18)/t11-,15-/m1/s1. The lowest BCUT2D eigenvalue weighted by Crippen LogP contribution is -2.47. The Hall–Kier alpha value is -1.11. The van der Waals surface area contributed by atoms with Crippen molar-refractivity contribution >= 4 is 27.3 Å². The van der Waals surface area contributed by atoms with E-state index in [9.17, 15) is 18.3 Å². The number of carbonyl (C=O) groups is 1. The second kappa shape index (κ2) is 7.44. The lowest BCUT2D eigenvalue weighted by molar-refractivity contribution is -0.142. The van der Waals surface area contributed by atoms with Gasteiger partial charge in [0.15, 0.2) is 5.60 Å². The van der Waals surface area contributed by atoms with Gasteiger partial charge < -0.3 is 10.4 Å². The summed E-state index contributed by atoms with van der Waals surface area (Å²) in [6.45, 7) is 3.40. The molecule has 0 unspecified atom stereocenters. The molecule has 0 bridgehead atoms. The van der Waals surface area contributed by atoms with Gasteiger partial charge in [0.1, 0.15) is 9.84 Å². The summed E-state index contributed by atoms with van der Waals surface area (Å²) in [6, 6.07) is 6.15. The maximum Gasteiger partial charge on any atom is 0.256 e. The molecule has 0 spiro atoms. The Bertz CT molecular complexity index is 632. The second-order valence-corrected chi connectivity index (χ2v) is 8.21. The van der Waals surface area contributed by atoms with E-state index in [0.29, 0.717) is 17.0 Å². The molecular formula is C15H22ClNO4S. The van der Waals surface area contributed by atoms with E-state index in [-0.39, 0.29) is 18.2 Å². The molecule has 2 N–H and O–H groups in total. The average Bonchev–Trinajstić information content (AvgIpc) is 2.43. The highest BCUT2D eigenvalue weighted by Crippen LogP contribution is 2.27. The number of hydrogen-bond donors (Lipinski definition) is 2. The van der Waals surface area contributed by atoms with Crippen molar-refractivity contribution in [2.75, 3.05) is 12.0 Å². The van der Waals surface area contributed by atoms with Gasteiger partial charge in [-0.3, -0.25) is 4.79 Å². The predicted octanol–water partition coefficient (Wildman–Crippen LogP) is 1.88. The number of nitrogens with one attached hydrogen (secondary N) is 1. The molecule has 2 atom stereocenters. The van der Waals surface area contributed by atoms with Gasteiger partial charge >= 0.3 is 0 Å². The van der Waals surface area contributed by atoms with Gasteiger partial charge in [0.25, 0.3) is 5.91 Å². The van der Waals surface area contributed by atoms with E-state index in [4.69, 9.17) is 11.6 Å². The van der Waals surface area contributed by atoms with Crippen molar-refractivity contribution < 1.29 is 18.3 Å². The highest BCUT2D eigenvalue weighted by molar-refractivity contribution is 7.90. The summed E-state index contributed by atoms with van der Waals surface area (Å²) in [5.74, 6) is -0.575. The largest absolute Gasteiger partial charge is 0.375 e. The van der Waals surface area contributed by atoms with Crippen LogP contribution in [0.4, 0.5) is 0 Å². The van der Waals surface area contributed by atoms with E-state index >= 15 is 0 Å². The van der Waals surface area contributed by atoms with Crippen LogP contribution in [0.3, 0.4) is 0 Å². The number of sulfone groups is 1. The smallest absolute Gasteiger partial charge is 0.256 e. The van der Waals surface area contributed by atoms with Crippen LogP contribution >= 0.6 is 11.6 Å². The van der Waals surface area contributed by atoms with E-state index in [2.05, 4.69) is 5.32 Å². The molecule has 0 saturated heterocycles. The van der Waals surface area contributed by atoms with Gasteiger partial charge in [0.2, 0.25) is 0 Å². The first-order chi connectivity index (χ1) is 10.1. The SMILES string of the molecule is CC[C@](O)(C(=O)N[C@H](C)CCS(C)(=O)=O)c1cccc(Cl)c1. The summed E-state index contributed by atoms with van der Waals surface area (Å²) in [7, 11) is -3.09. The fraction of sp³-hybridized carbons (Fsp3) is 0.533. The van der Waals surface area contributed by atoms with Crippen LogP contribution in [0, 0.1) is 0 Å². The van der Waals surface area contributed by atoms with Crippen LogP contribution in [0.25, 0.3) is 0 Å². The van der Waals surface area contributed by atoms with E-state index < -0.39 is 21.3 Å². The first-order valence-electron chi connectivity index (χ1n) is 7.05. The number of benzene rings is 1. The maximum absolute atomic E-state index is 12.4. The number of amides is 1. The van der Waals surface area contributed by atoms with Crippen LogP contribution in [-0.4, -0.2) is 37.5 Å². The van der Waals surface area contributed by atoms with Crippen LogP contribution in [0.1, 0.15) is 32.3 Å². The Morgan fingerprint density at radius 2 is 2.09 bits per heavy atom. The zero-order valence-corrected chi connectivity index (χ0v) is 14.5. The molecule has 0 aromatic heterocycles. The molecule has 1 aromatic carbocycles. The number of carbonyl (C=O) groups excluding carboxylic acids is 1. The molecule has 1 amide bonds. The number of hydrogen-bond acceptors (Lipinski definition) is 4. The fourth-order valence-corrected chi connectivity index (χ4v) is 3.02. The summed E-state index contributed by atoms with van der Waals surface area (Å²) >= 11 is 5.91. The minimum atomic E-state index is -3.09. The minimum absolute atomic E-state index is 0.0177. The molecule has 0 saturated carbocycles. The quantitative estimate of drug-likeness (QED) is 0.788. The first kappa shape index (κ1) is 18.9. The average molecular weight is 348 g/mol. The Kier molecular flexibility index (Phi) is 6.40. The first-order valence-corrected chi connectivity index (χ1v) is 9.49. The van der Waals surface area contributed by atoms with Crippen molar-refractivity contribution in [3.05, 3.63) is 34.9 Å². The van der Waals surface area contributed by atoms with Crippen LogP contribution in [-0.2, 0) is 20.2 Å². The van der Waals surface area contributed by atoms with Crippen molar-refractivity contribution in [2.24, 2.45) is 0 Å². The molecule has 5 nitrogen and oxygen atoms in total. The summed E-state index contributed by atoms with van der Waals surface area (Å²) in [5.41, 5.74) is -1.28. The van der Waals surface area contributed by atoms with Crippen LogP contribution in [0.15, 0.2) is 24.3 Å². The summed E-state index contributed by atoms with van der Waals surface area (Å²) in [6.07, 6.45) is 1.62. The lowest BCUT2D eigenvalue weighted by atomic mass is 9.90. The van der Waals surface area contributed by atoms with Crippen LogP contribution in [0.2, 0.25) is 5.02 Å². The monoisotopic (exact) mass is 347 g/mol. The van der Waals surface area contributed by atoms with Crippen LogP contribution in [0.5, 0.6) is 0 Å². The van der Waals surface area contributed by atoms with Gasteiger partial charge in [0.05, 0.1) is 5.75 Å². The van der Waals surface area contributed by atoms with Gasteiger partial charge in [0, 0.05) is 17.3 Å². The topological polar surface area (TPSA) is 83.5 Å².